The molecule has 0 radical (unpaired) electrons. The highest BCUT2D eigenvalue weighted by Crippen LogP contribution is 2.25. The fourth-order valence-corrected chi connectivity index (χ4v) is 2.79. The number of aromatic amines is 1. The van der Waals surface area contributed by atoms with E-state index in [-0.39, 0.29) is 5.02 Å². The van der Waals surface area contributed by atoms with Gasteiger partial charge in [0.15, 0.2) is 4.77 Å². The first-order valence-electron chi connectivity index (χ1n) is 5.42. The second-order valence-electron chi connectivity index (χ2n) is 4.03. The van der Waals surface area contributed by atoms with Gasteiger partial charge in [-0.1, -0.05) is 11.6 Å². The van der Waals surface area contributed by atoms with Gasteiger partial charge >= 0.3 is 0 Å². The third-order valence-electron chi connectivity index (χ3n) is 2.81. The van der Waals surface area contributed by atoms with E-state index in [0.29, 0.717) is 10.3 Å². The second kappa shape index (κ2) is 4.88. The summed E-state index contributed by atoms with van der Waals surface area (Å²) in [6.07, 6.45) is 0. The van der Waals surface area contributed by atoms with Crippen LogP contribution in [0.15, 0.2) is 36.4 Å². The van der Waals surface area contributed by atoms with Gasteiger partial charge < -0.3 is 4.98 Å². The van der Waals surface area contributed by atoms with Gasteiger partial charge in [-0.05, 0) is 65.1 Å². The van der Waals surface area contributed by atoms with Crippen LogP contribution in [0.4, 0.5) is 4.39 Å². The Labute approximate surface area is 132 Å². The minimum Gasteiger partial charge on any atom is -0.330 e. The Morgan fingerprint density at radius 1 is 1.21 bits per heavy atom. The lowest BCUT2D eigenvalue weighted by Gasteiger charge is -2.05. The SMILES string of the molecule is Fc1cc2c(cc1Cl)[nH]c(=S)n2-c1ccc(I)cc1. The summed E-state index contributed by atoms with van der Waals surface area (Å²) < 4.78 is 17.1. The third kappa shape index (κ3) is 2.30. The van der Waals surface area contributed by atoms with Crippen molar-refractivity contribution in [2.75, 3.05) is 0 Å². The van der Waals surface area contributed by atoms with Crippen LogP contribution >= 0.6 is 46.4 Å². The number of aromatic nitrogens is 2. The van der Waals surface area contributed by atoms with Crippen molar-refractivity contribution in [1.82, 2.24) is 9.55 Å². The minimum absolute atomic E-state index is 0.0820. The van der Waals surface area contributed by atoms with E-state index in [2.05, 4.69) is 27.6 Å². The van der Waals surface area contributed by atoms with E-state index in [1.165, 1.54) is 6.07 Å². The number of H-pyrrole nitrogens is 1. The first-order chi connectivity index (χ1) is 9.06. The zero-order chi connectivity index (χ0) is 13.6. The lowest BCUT2D eigenvalue weighted by Crippen LogP contribution is -1.94. The van der Waals surface area contributed by atoms with Gasteiger partial charge in [-0.3, -0.25) is 4.57 Å². The molecule has 1 heterocycles. The molecular formula is C13H7ClFIN2S. The van der Waals surface area contributed by atoms with E-state index in [0.717, 1.165) is 14.8 Å². The van der Waals surface area contributed by atoms with Crippen LogP contribution in [-0.4, -0.2) is 9.55 Å². The van der Waals surface area contributed by atoms with Gasteiger partial charge in [0.2, 0.25) is 0 Å². The molecule has 2 aromatic carbocycles. The molecule has 3 rings (SSSR count). The number of nitrogens with zero attached hydrogens (tertiary/aromatic N) is 1. The molecule has 96 valence electrons. The summed E-state index contributed by atoms with van der Waals surface area (Å²) >= 11 is 13.3. The average molecular weight is 405 g/mol. The van der Waals surface area contributed by atoms with Crippen LogP contribution in [-0.2, 0) is 0 Å². The Bertz CT molecular complexity index is 823. The third-order valence-corrected chi connectivity index (χ3v) is 4.10. The first kappa shape index (κ1) is 13.1. The van der Waals surface area contributed by atoms with Crippen LogP contribution in [0.2, 0.25) is 5.02 Å². The van der Waals surface area contributed by atoms with Crippen LogP contribution in [0.1, 0.15) is 0 Å². The van der Waals surface area contributed by atoms with Gasteiger partial charge in [0, 0.05) is 15.3 Å². The summed E-state index contributed by atoms with van der Waals surface area (Å²) in [6, 6.07) is 10.8. The number of hydrogen-bond donors (Lipinski definition) is 1. The molecule has 1 N–H and O–H groups in total. The Hall–Kier alpha value is -0.920. The first-order valence-corrected chi connectivity index (χ1v) is 7.28. The van der Waals surface area contributed by atoms with E-state index in [4.69, 9.17) is 23.8 Å². The molecule has 0 spiro atoms. The molecule has 2 nitrogen and oxygen atoms in total. The van der Waals surface area contributed by atoms with Crippen molar-refractivity contribution in [2.45, 2.75) is 0 Å². The lowest BCUT2D eigenvalue weighted by molar-refractivity contribution is 0.629. The number of hydrogen-bond acceptors (Lipinski definition) is 1. The molecule has 0 saturated heterocycles. The maximum absolute atomic E-state index is 13.6. The number of rotatable bonds is 1. The number of halogens is 3. The minimum atomic E-state index is -0.456. The molecule has 3 aromatic rings. The lowest BCUT2D eigenvalue weighted by atomic mass is 10.2. The van der Waals surface area contributed by atoms with Crippen molar-refractivity contribution in [1.29, 1.82) is 0 Å². The average Bonchev–Trinajstić information content (AvgIpc) is 2.67. The largest absolute Gasteiger partial charge is 0.330 e. The summed E-state index contributed by atoms with van der Waals surface area (Å²) in [5.74, 6) is -0.456. The standard InChI is InChI=1S/C13H7ClFIN2S/c14-9-5-11-12(6-10(9)15)18(13(19)17-11)8-3-1-7(16)2-4-8/h1-6H,(H,17,19). The second-order valence-corrected chi connectivity index (χ2v) is 6.06. The quantitative estimate of drug-likeness (QED) is 0.443. The van der Waals surface area contributed by atoms with Gasteiger partial charge in [0.05, 0.1) is 16.1 Å². The molecular weight excluding hydrogens is 398 g/mol. The maximum Gasteiger partial charge on any atom is 0.182 e. The molecule has 6 heteroatoms. The monoisotopic (exact) mass is 404 g/mol. The van der Waals surface area contributed by atoms with Crippen LogP contribution in [0, 0.1) is 14.2 Å². The number of benzene rings is 2. The molecule has 0 bridgehead atoms. The smallest absolute Gasteiger partial charge is 0.182 e. The van der Waals surface area contributed by atoms with Gasteiger partial charge in [0.1, 0.15) is 5.82 Å². The zero-order valence-electron chi connectivity index (χ0n) is 9.45. The highest BCUT2D eigenvalue weighted by Gasteiger charge is 2.10. The molecule has 19 heavy (non-hydrogen) atoms. The van der Waals surface area contributed by atoms with E-state index in [1.54, 1.807) is 10.6 Å². The summed E-state index contributed by atoms with van der Waals surface area (Å²) in [5, 5.41) is 0.0820. The van der Waals surface area contributed by atoms with Gasteiger partial charge in [-0.2, -0.15) is 0 Å². The normalized spacial score (nSPS) is 11.1. The van der Waals surface area contributed by atoms with Crippen LogP contribution in [0.5, 0.6) is 0 Å². The molecule has 1 aromatic heterocycles. The molecule has 0 aliphatic heterocycles. The summed E-state index contributed by atoms with van der Waals surface area (Å²) in [4.78, 5) is 3.03. The molecule has 0 fully saturated rings. The van der Waals surface area contributed by atoms with Crippen molar-refractivity contribution in [2.24, 2.45) is 0 Å². The highest BCUT2D eigenvalue weighted by molar-refractivity contribution is 14.1. The van der Waals surface area contributed by atoms with E-state index in [9.17, 15) is 4.39 Å². The fourth-order valence-electron chi connectivity index (χ4n) is 1.95. The Morgan fingerprint density at radius 3 is 2.58 bits per heavy atom. The molecule has 0 atom stereocenters. The van der Waals surface area contributed by atoms with Crippen LogP contribution in [0.3, 0.4) is 0 Å². The van der Waals surface area contributed by atoms with E-state index >= 15 is 0 Å². The predicted octanol–water partition coefficient (Wildman–Crippen LogP) is 5.09. The van der Waals surface area contributed by atoms with Crippen molar-refractivity contribution in [3.05, 3.63) is 55.6 Å². The molecule has 0 aliphatic rings. The number of nitrogens with one attached hydrogen (secondary N) is 1. The number of fused-ring (bicyclic) bond motifs is 1. The molecule has 0 aliphatic carbocycles. The fraction of sp³-hybridized carbons (Fsp3) is 0. The molecule has 0 amide bonds. The van der Waals surface area contributed by atoms with Crippen LogP contribution in [0.25, 0.3) is 16.7 Å². The Balaban J connectivity index is 2.34. The van der Waals surface area contributed by atoms with Gasteiger partial charge in [0.25, 0.3) is 0 Å². The van der Waals surface area contributed by atoms with Crippen molar-refractivity contribution in [3.8, 4) is 5.69 Å². The topological polar surface area (TPSA) is 20.7 Å². The molecule has 0 unspecified atom stereocenters. The zero-order valence-corrected chi connectivity index (χ0v) is 13.2. The van der Waals surface area contributed by atoms with Crippen molar-refractivity contribution in [3.63, 3.8) is 0 Å². The van der Waals surface area contributed by atoms with Crippen molar-refractivity contribution < 1.29 is 4.39 Å². The summed E-state index contributed by atoms with van der Waals surface area (Å²) in [5.41, 5.74) is 2.28. The van der Waals surface area contributed by atoms with E-state index in [1.807, 2.05) is 24.3 Å². The van der Waals surface area contributed by atoms with Crippen molar-refractivity contribution >= 4 is 57.4 Å². The maximum atomic E-state index is 13.6. The Kier molecular flexibility index (Phi) is 3.36. The molecule has 0 saturated carbocycles. The van der Waals surface area contributed by atoms with E-state index < -0.39 is 5.82 Å². The highest BCUT2D eigenvalue weighted by atomic mass is 127. The van der Waals surface area contributed by atoms with Crippen LogP contribution < -0.4 is 0 Å². The predicted molar refractivity (Wildman–Crippen MR) is 86.1 cm³/mol. The van der Waals surface area contributed by atoms with Gasteiger partial charge in [-0.25, -0.2) is 4.39 Å². The summed E-state index contributed by atoms with van der Waals surface area (Å²) in [7, 11) is 0. The Morgan fingerprint density at radius 2 is 1.89 bits per heavy atom. The summed E-state index contributed by atoms with van der Waals surface area (Å²) in [6.45, 7) is 0. The van der Waals surface area contributed by atoms with Gasteiger partial charge in [-0.15, -0.1) is 0 Å². The number of imidazole rings is 1.